The number of methoxy groups -OCH3 is 1. The summed E-state index contributed by atoms with van der Waals surface area (Å²) >= 11 is 0. The van der Waals surface area contributed by atoms with E-state index in [-0.39, 0.29) is 5.97 Å². The van der Waals surface area contributed by atoms with Gasteiger partial charge in [0.2, 0.25) is 0 Å². The van der Waals surface area contributed by atoms with E-state index in [4.69, 9.17) is 9.47 Å². The van der Waals surface area contributed by atoms with Crippen molar-refractivity contribution < 1.29 is 14.3 Å². The van der Waals surface area contributed by atoms with Crippen molar-refractivity contribution in [3.05, 3.63) is 0 Å². The zero-order valence-electron chi connectivity index (χ0n) is 14.1. The van der Waals surface area contributed by atoms with E-state index < -0.39 is 5.54 Å². The van der Waals surface area contributed by atoms with Gasteiger partial charge in [-0.05, 0) is 52.6 Å². The van der Waals surface area contributed by atoms with Gasteiger partial charge in [-0.1, -0.05) is 6.92 Å². The molecular formula is C16H32N2O3. The van der Waals surface area contributed by atoms with Crippen LogP contribution in [0, 0.1) is 0 Å². The first-order chi connectivity index (χ1) is 10.1. The Balaban J connectivity index is 2.66. The van der Waals surface area contributed by atoms with Gasteiger partial charge in [-0.25, -0.2) is 0 Å². The average Bonchev–Trinajstić information content (AvgIpc) is 2.48. The van der Waals surface area contributed by atoms with Gasteiger partial charge < -0.3 is 19.7 Å². The first-order valence-electron chi connectivity index (χ1n) is 8.21. The molecule has 0 spiro atoms. The molecule has 0 aromatic carbocycles. The summed E-state index contributed by atoms with van der Waals surface area (Å²) in [6, 6.07) is 0.430. The van der Waals surface area contributed by atoms with Gasteiger partial charge in [-0.2, -0.15) is 0 Å². The molecule has 0 amide bonds. The summed E-state index contributed by atoms with van der Waals surface area (Å²) in [4.78, 5) is 14.8. The maximum atomic E-state index is 12.4. The highest BCUT2D eigenvalue weighted by Crippen LogP contribution is 2.32. The normalized spacial score (nSPS) is 26.0. The zero-order chi connectivity index (χ0) is 15.7. The summed E-state index contributed by atoms with van der Waals surface area (Å²) in [5.74, 6) is -0.0816. The Bertz CT molecular complexity index is 308. The Hall–Kier alpha value is -0.650. The Morgan fingerprint density at radius 2 is 2.19 bits per heavy atom. The number of carbonyl (C=O) groups excluding carboxylic acids is 1. The summed E-state index contributed by atoms with van der Waals surface area (Å²) in [5.41, 5.74) is -0.497. The highest BCUT2D eigenvalue weighted by molar-refractivity contribution is 5.81. The van der Waals surface area contributed by atoms with E-state index >= 15 is 0 Å². The van der Waals surface area contributed by atoms with Crippen molar-refractivity contribution in [2.24, 2.45) is 0 Å². The third-order valence-electron chi connectivity index (χ3n) is 4.39. The minimum absolute atomic E-state index is 0.0816. The molecule has 0 bridgehead atoms. The summed E-state index contributed by atoms with van der Waals surface area (Å²) in [6.07, 6.45) is 4.95. The standard InChI is InChI=1S/C16H32N2O3/c1-5-17-16(15(19)21-6-2)10-7-9-14(13-16)18(3)11-8-12-20-4/h14,17H,5-13H2,1-4H3. The van der Waals surface area contributed by atoms with Crippen LogP contribution in [0.15, 0.2) is 0 Å². The summed E-state index contributed by atoms with van der Waals surface area (Å²) in [7, 11) is 3.88. The summed E-state index contributed by atoms with van der Waals surface area (Å²) in [5, 5.41) is 3.41. The SMILES string of the molecule is CCNC1(C(=O)OCC)CCCC(N(C)CCCOC)C1. The molecule has 21 heavy (non-hydrogen) atoms. The molecule has 124 valence electrons. The van der Waals surface area contributed by atoms with Gasteiger partial charge in [0.05, 0.1) is 6.61 Å². The highest BCUT2D eigenvalue weighted by Gasteiger charge is 2.44. The van der Waals surface area contributed by atoms with Crippen molar-refractivity contribution in [3.63, 3.8) is 0 Å². The van der Waals surface area contributed by atoms with E-state index in [1.165, 1.54) is 0 Å². The predicted molar refractivity (Wildman–Crippen MR) is 84.4 cm³/mol. The lowest BCUT2D eigenvalue weighted by molar-refractivity contribution is -0.153. The molecule has 5 nitrogen and oxygen atoms in total. The fourth-order valence-electron chi connectivity index (χ4n) is 3.29. The molecule has 1 N–H and O–H groups in total. The monoisotopic (exact) mass is 300 g/mol. The van der Waals surface area contributed by atoms with Crippen molar-refractivity contribution in [1.29, 1.82) is 0 Å². The van der Waals surface area contributed by atoms with Crippen LogP contribution in [0.5, 0.6) is 0 Å². The van der Waals surface area contributed by atoms with Gasteiger partial charge in [0.1, 0.15) is 5.54 Å². The third-order valence-corrected chi connectivity index (χ3v) is 4.39. The molecule has 0 aromatic rings. The van der Waals surface area contributed by atoms with E-state index in [9.17, 15) is 4.79 Å². The van der Waals surface area contributed by atoms with Crippen molar-refractivity contribution in [2.45, 2.75) is 57.5 Å². The number of carbonyl (C=O) groups is 1. The minimum atomic E-state index is -0.497. The van der Waals surface area contributed by atoms with Crippen molar-refractivity contribution in [1.82, 2.24) is 10.2 Å². The quantitative estimate of drug-likeness (QED) is 0.520. The number of rotatable bonds is 9. The molecule has 1 rings (SSSR count). The first kappa shape index (κ1) is 18.4. The molecule has 0 aliphatic heterocycles. The Kier molecular flexibility index (Phi) is 8.22. The molecule has 0 aromatic heterocycles. The van der Waals surface area contributed by atoms with Gasteiger partial charge >= 0.3 is 5.97 Å². The highest BCUT2D eigenvalue weighted by atomic mass is 16.5. The molecule has 2 atom stereocenters. The number of esters is 1. The number of hydrogen-bond donors (Lipinski definition) is 1. The maximum absolute atomic E-state index is 12.4. The van der Waals surface area contributed by atoms with Crippen LogP contribution >= 0.6 is 0 Å². The molecule has 0 heterocycles. The van der Waals surface area contributed by atoms with Crippen LogP contribution in [-0.4, -0.2) is 62.9 Å². The molecular weight excluding hydrogens is 268 g/mol. The third kappa shape index (κ3) is 5.24. The first-order valence-corrected chi connectivity index (χ1v) is 8.21. The van der Waals surface area contributed by atoms with Gasteiger partial charge in [-0.15, -0.1) is 0 Å². The van der Waals surface area contributed by atoms with E-state index in [0.29, 0.717) is 12.6 Å². The number of likely N-dealkylation sites (N-methyl/N-ethyl adjacent to an activating group) is 1. The van der Waals surface area contributed by atoms with E-state index in [1.807, 2.05) is 13.8 Å². The lowest BCUT2D eigenvalue weighted by Crippen LogP contribution is -2.58. The van der Waals surface area contributed by atoms with Crippen LogP contribution in [0.1, 0.15) is 46.0 Å². The van der Waals surface area contributed by atoms with Gasteiger partial charge in [0.25, 0.3) is 0 Å². The fourth-order valence-corrected chi connectivity index (χ4v) is 3.29. The number of ether oxygens (including phenoxy) is 2. The molecule has 1 aliphatic rings. The van der Waals surface area contributed by atoms with E-state index in [0.717, 1.165) is 51.8 Å². The van der Waals surface area contributed by atoms with Gasteiger partial charge in [0.15, 0.2) is 0 Å². The molecule has 1 saturated carbocycles. The van der Waals surface area contributed by atoms with Crippen LogP contribution in [0.25, 0.3) is 0 Å². The summed E-state index contributed by atoms with van der Waals surface area (Å²) in [6.45, 7) is 6.94. The zero-order valence-corrected chi connectivity index (χ0v) is 14.1. The Labute approximate surface area is 129 Å². The molecule has 1 aliphatic carbocycles. The minimum Gasteiger partial charge on any atom is -0.465 e. The lowest BCUT2D eigenvalue weighted by Gasteiger charge is -2.42. The van der Waals surface area contributed by atoms with E-state index in [2.05, 4.69) is 17.3 Å². The molecule has 2 unspecified atom stereocenters. The maximum Gasteiger partial charge on any atom is 0.326 e. The number of hydrogen-bond acceptors (Lipinski definition) is 5. The van der Waals surface area contributed by atoms with Gasteiger partial charge in [-0.3, -0.25) is 4.79 Å². The molecule has 5 heteroatoms. The second-order valence-electron chi connectivity index (χ2n) is 5.91. The van der Waals surface area contributed by atoms with Crippen LogP contribution in [0.2, 0.25) is 0 Å². The smallest absolute Gasteiger partial charge is 0.326 e. The van der Waals surface area contributed by atoms with E-state index in [1.54, 1.807) is 7.11 Å². The fraction of sp³-hybridized carbons (Fsp3) is 0.938. The Morgan fingerprint density at radius 3 is 2.81 bits per heavy atom. The second-order valence-corrected chi connectivity index (χ2v) is 5.91. The van der Waals surface area contributed by atoms with Crippen LogP contribution in [0.3, 0.4) is 0 Å². The van der Waals surface area contributed by atoms with Crippen LogP contribution in [-0.2, 0) is 14.3 Å². The lowest BCUT2D eigenvalue weighted by atomic mass is 9.78. The predicted octanol–water partition coefficient (Wildman–Crippen LogP) is 1.81. The van der Waals surface area contributed by atoms with Crippen LogP contribution < -0.4 is 5.32 Å². The largest absolute Gasteiger partial charge is 0.465 e. The number of nitrogens with zero attached hydrogens (tertiary/aromatic N) is 1. The van der Waals surface area contributed by atoms with Crippen LogP contribution in [0.4, 0.5) is 0 Å². The van der Waals surface area contributed by atoms with Crippen molar-refractivity contribution >= 4 is 5.97 Å². The average molecular weight is 300 g/mol. The van der Waals surface area contributed by atoms with Gasteiger partial charge in [0, 0.05) is 26.3 Å². The number of nitrogens with one attached hydrogen (secondary N) is 1. The topological polar surface area (TPSA) is 50.8 Å². The second kappa shape index (κ2) is 9.38. The summed E-state index contributed by atoms with van der Waals surface area (Å²) < 4.78 is 10.4. The molecule has 0 radical (unpaired) electrons. The molecule has 0 saturated heterocycles. The molecule has 1 fully saturated rings. The van der Waals surface area contributed by atoms with Crippen molar-refractivity contribution in [3.8, 4) is 0 Å². The van der Waals surface area contributed by atoms with Crippen molar-refractivity contribution in [2.75, 3.05) is 40.5 Å². The Morgan fingerprint density at radius 1 is 1.43 bits per heavy atom.